The fourth-order valence-electron chi connectivity index (χ4n) is 2.85. The molecule has 0 aliphatic carbocycles. The van der Waals surface area contributed by atoms with Gasteiger partial charge in [0.25, 0.3) is 5.91 Å². The zero-order chi connectivity index (χ0) is 17.8. The summed E-state index contributed by atoms with van der Waals surface area (Å²) >= 11 is 7.60. The first-order valence-electron chi connectivity index (χ1n) is 8.01. The van der Waals surface area contributed by atoms with Crippen LogP contribution in [0.25, 0.3) is 0 Å². The maximum atomic E-state index is 12.7. The first kappa shape index (κ1) is 17.8. The van der Waals surface area contributed by atoms with Gasteiger partial charge in [0.2, 0.25) is 5.91 Å². The summed E-state index contributed by atoms with van der Waals surface area (Å²) in [7, 11) is 1.53. The Morgan fingerprint density at radius 3 is 2.52 bits per heavy atom. The molecule has 1 fully saturated rings. The van der Waals surface area contributed by atoms with E-state index in [0.29, 0.717) is 48.9 Å². The lowest BCUT2D eigenvalue weighted by Gasteiger charge is -2.35. The van der Waals surface area contributed by atoms with Gasteiger partial charge >= 0.3 is 0 Å². The summed E-state index contributed by atoms with van der Waals surface area (Å²) in [6.45, 7) is 2.09. The number of rotatable bonds is 4. The second-order valence-corrected chi connectivity index (χ2v) is 7.24. The highest BCUT2D eigenvalue weighted by Gasteiger charge is 2.26. The van der Waals surface area contributed by atoms with Gasteiger partial charge in [0.1, 0.15) is 5.75 Å². The summed E-state index contributed by atoms with van der Waals surface area (Å²) in [4.78, 5) is 29.7. The Hall–Kier alpha value is -2.05. The van der Waals surface area contributed by atoms with Crippen LogP contribution in [-0.2, 0) is 11.2 Å². The minimum absolute atomic E-state index is 0.106. The highest BCUT2D eigenvalue weighted by atomic mass is 35.5. The van der Waals surface area contributed by atoms with Gasteiger partial charge in [-0.05, 0) is 29.6 Å². The van der Waals surface area contributed by atoms with Gasteiger partial charge in [-0.1, -0.05) is 17.7 Å². The molecule has 0 atom stereocenters. The van der Waals surface area contributed by atoms with Crippen LogP contribution in [0.3, 0.4) is 0 Å². The van der Waals surface area contributed by atoms with Crippen molar-refractivity contribution in [2.75, 3.05) is 33.3 Å². The molecule has 7 heteroatoms. The number of methoxy groups -OCH3 is 1. The maximum Gasteiger partial charge on any atom is 0.257 e. The second kappa shape index (κ2) is 7.89. The van der Waals surface area contributed by atoms with Crippen molar-refractivity contribution in [2.24, 2.45) is 0 Å². The van der Waals surface area contributed by atoms with Crippen molar-refractivity contribution in [1.82, 2.24) is 9.80 Å². The number of ether oxygens (including phenoxy) is 1. The highest BCUT2D eigenvalue weighted by Crippen LogP contribution is 2.24. The number of benzene rings is 1. The molecule has 1 aliphatic rings. The summed E-state index contributed by atoms with van der Waals surface area (Å²) in [5.41, 5.74) is 0.452. The normalized spacial score (nSPS) is 14.5. The largest absolute Gasteiger partial charge is 0.496 e. The third-order valence-electron chi connectivity index (χ3n) is 4.22. The van der Waals surface area contributed by atoms with E-state index < -0.39 is 0 Å². The molecule has 1 aromatic carbocycles. The Kier molecular flexibility index (Phi) is 5.60. The summed E-state index contributed by atoms with van der Waals surface area (Å²) in [6.07, 6.45) is 0.424. The van der Waals surface area contributed by atoms with Crippen molar-refractivity contribution in [3.63, 3.8) is 0 Å². The fraction of sp³-hybridized carbons (Fsp3) is 0.333. The van der Waals surface area contributed by atoms with E-state index in [1.54, 1.807) is 34.4 Å². The Balaban J connectivity index is 1.61. The van der Waals surface area contributed by atoms with Gasteiger partial charge in [-0.3, -0.25) is 9.59 Å². The van der Waals surface area contributed by atoms with Crippen molar-refractivity contribution < 1.29 is 14.3 Å². The molecular weight excluding hydrogens is 360 g/mol. The van der Waals surface area contributed by atoms with Crippen LogP contribution in [0.2, 0.25) is 5.02 Å². The van der Waals surface area contributed by atoms with Crippen molar-refractivity contribution in [3.05, 3.63) is 51.2 Å². The van der Waals surface area contributed by atoms with Crippen molar-refractivity contribution in [1.29, 1.82) is 0 Å². The molecule has 1 saturated heterocycles. The van der Waals surface area contributed by atoms with E-state index in [0.717, 1.165) is 4.88 Å². The topological polar surface area (TPSA) is 49.9 Å². The number of nitrogens with zero attached hydrogens (tertiary/aromatic N) is 2. The number of carbonyl (C=O) groups is 2. The molecule has 1 aromatic heterocycles. The van der Waals surface area contributed by atoms with Crippen LogP contribution in [0.4, 0.5) is 0 Å². The summed E-state index contributed by atoms with van der Waals surface area (Å²) in [6, 6.07) is 8.92. The molecule has 2 amide bonds. The SMILES string of the molecule is COc1ccc(Cl)cc1C(=O)N1CCN(C(=O)Cc2cccs2)CC1. The number of thiophene rings is 1. The van der Waals surface area contributed by atoms with Crippen LogP contribution in [0.1, 0.15) is 15.2 Å². The molecule has 0 N–H and O–H groups in total. The quantitative estimate of drug-likeness (QED) is 0.821. The predicted molar refractivity (Wildman–Crippen MR) is 98.5 cm³/mol. The van der Waals surface area contributed by atoms with Gasteiger partial charge in [0, 0.05) is 36.1 Å². The molecule has 1 aliphatic heterocycles. The van der Waals surface area contributed by atoms with Gasteiger partial charge in [-0.15, -0.1) is 11.3 Å². The van der Waals surface area contributed by atoms with E-state index in [4.69, 9.17) is 16.3 Å². The van der Waals surface area contributed by atoms with E-state index in [1.165, 1.54) is 7.11 Å². The van der Waals surface area contributed by atoms with E-state index >= 15 is 0 Å². The third kappa shape index (κ3) is 4.14. The van der Waals surface area contributed by atoms with Crippen molar-refractivity contribution in [3.8, 4) is 5.75 Å². The van der Waals surface area contributed by atoms with E-state index in [1.807, 2.05) is 22.4 Å². The standard InChI is InChI=1S/C18H19ClN2O3S/c1-24-16-5-4-13(19)11-15(16)18(23)21-8-6-20(7-9-21)17(22)12-14-3-2-10-25-14/h2-5,10-11H,6-9,12H2,1H3. The Labute approximate surface area is 155 Å². The lowest BCUT2D eigenvalue weighted by Crippen LogP contribution is -2.51. The number of hydrogen-bond acceptors (Lipinski definition) is 4. The third-order valence-corrected chi connectivity index (χ3v) is 5.33. The molecule has 2 heterocycles. The zero-order valence-electron chi connectivity index (χ0n) is 13.9. The van der Waals surface area contributed by atoms with Crippen LogP contribution in [0, 0.1) is 0 Å². The lowest BCUT2D eigenvalue weighted by molar-refractivity contribution is -0.131. The Morgan fingerprint density at radius 2 is 1.88 bits per heavy atom. The molecular formula is C18H19ClN2O3S. The van der Waals surface area contributed by atoms with E-state index in [2.05, 4.69) is 0 Å². The number of hydrogen-bond donors (Lipinski definition) is 0. The van der Waals surface area contributed by atoms with Crippen molar-refractivity contribution >= 4 is 34.8 Å². The molecule has 0 spiro atoms. The monoisotopic (exact) mass is 378 g/mol. The molecule has 0 saturated carbocycles. The van der Waals surface area contributed by atoms with Crippen molar-refractivity contribution in [2.45, 2.75) is 6.42 Å². The Morgan fingerprint density at radius 1 is 1.16 bits per heavy atom. The average Bonchev–Trinajstić information content (AvgIpc) is 3.14. The second-order valence-electron chi connectivity index (χ2n) is 5.77. The summed E-state index contributed by atoms with van der Waals surface area (Å²) < 4.78 is 5.26. The highest BCUT2D eigenvalue weighted by molar-refractivity contribution is 7.10. The summed E-state index contributed by atoms with van der Waals surface area (Å²) in [5.74, 6) is 0.491. The first-order chi connectivity index (χ1) is 12.1. The molecule has 0 bridgehead atoms. The number of amides is 2. The smallest absolute Gasteiger partial charge is 0.257 e. The Bertz CT molecular complexity index is 756. The molecule has 5 nitrogen and oxygen atoms in total. The predicted octanol–water partition coefficient (Wildman–Crippen LogP) is 2.94. The van der Waals surface area contributed by atoms with Crippen LogP contribution >= 0.6 is 22.9 Å². The number of carbonyl (C=O) groups excluding carboxylic acids is 2. The minimum atomic E-state index is -0.121. The average molecular weight is 379 g/mol. The number of piperazine rings is 1. The molecule has 132 valence electrons. The van der Waals surface area contributed by atoms with E-state index in [9.17, 15) is 9.59 Å². The van der Waals surface area contributed by atoms with Gasteiger partial charge in [-0.25, -0.2) is 0 Å². The van der Waals surface area contributed by atoms with Crippen LogP contribution < -0.4 is 4.74 Å². The first-order valence-corrected chi connectivity index (χ1v) is 9.27. The lowest BCUT2D eigenvalue weighted by atomic mass is 10.1. The van der Waals surface area contributed by atoms with Gasteiger partial charge in [0.15, 0.2) is 0 Å². The molecule has 25 heavy (non-hydrogen) atoms. The fourth-order valence-corrected chi connectivity index (χ4v) is 3.72. The molecule has 2 aromatic rings. The maximum absolute atomic E-state index is 12.7. The molecule has 0 radical (unpaired) electrons. The van der Waals surface area contributed by atoms with Gasteiger partial charge in [-0.2, -0.15) is 0 Å². The molecule has 0 unspecified atom stereocenters. The van der Waals surface area contributed by atoms with Crippen LogP contribution in [0.5, 0.6) is 5.75 Å². The van der Waals surface area contributed by atoms with Gasteiger partial charge < -0.3 is 14.5 Å². The summed E-state index contributed by atoms with van der Waals surface area (Å²) in [5, 5.41) is 2.46. The molecule has 3 rings (SSSR count). The zero-order valence-corrected chi connectivity index (χ0v) is 15.5. The van der Waals surface area contributed by atoms with E-state index in [-0.39, 0.29) is 11.8 Å². The number of halogens is 1. The minimum Gasteiger partial charge on any atom is -0.496 e. The van der Waals surface area contributed by atoms with Gasteiger partial charge in [0.05, 0.1) is 19.1 Å². The van der Waals surface area contributed by atoms with Crippen LogP contribution in [-0.4, -0.2) is 54.9 Å². The van der Waals surface area contributed by atoms with Crippen LogP contribution in [0.15, 0.2) is 35.7 Å².